The maximum atomic E-state index is 13.2. The van der Waals surface area contributed by atoms with Crippen molar-refractivity contribution in [2.24, 2.45) is 11.6 Å². The first kappa shape index (κ1) is 20.9. The minimum absolute atomic E-state index is 0.240. The van der Waals surface area contributed by atoms with Gasteiger partial charge in [0.15, 0.2) is 0 Å². The van der Waals surface area contributed by atoms with Crippen molar-refractivity contribution in [3.05, 3.63) is 64.1 Å². The predicted octanol–water partition coefficient (Wildman–Crippen LogP) is 4.25. The van der Waals surface area contributed by atoms with Gasteiger partial charge in [-0.15, -0.1) is 0 Å². The molecule has 2 rings (SSSR count). The van der Waals surface area contributed by atoms with Crippen LogP contribution in [-0.4, -0.2) is 19.2 Å². The van der Waals surface area contributed by atoms with E-state index in [-0.39, 0.29) is 12.5 Å². The van der Waals surface area contributed by atoms with E-state index in [4.69, 9.17) is 32.7 Å². The lowest BCUT2D eigenvalue weighted by atomic mass is 9.97. The summed E-state index contributed by atoms with van der Waals surface area (Å²) in [4.78, 5) is 0. The van der Waals surface area contributed by atoms with Gasteiger partial charge in [-0.2, -0.15) is 0 Å². The zero-order valence-electron chi connectivity index (χ0n) is 15.9. The van der Waals surface area contributed by atoms with Crippen molar-refractivity contribution >= 4 is 17.3 Å². The molecule has 0 atom stereocenters. The first-order valence-electron chi connectivity index (χ1n) is 8.45. The van der Waals surface area contributed by atoms with Gasteiger partial charge in [-0.25, -0.2) is 10.2 Å². The highest BCUT2D eigenvalue weighted by molar-refractivity contribution is 6.31. The number of hydrogen-bond donors (Lipinski definition) is 2. The Labute approximate surface area is 164 Å². The molecule has 0 unspecified atom stereocenters. The van der Waals surface area contributed by atoms with Gasteiger partial charge in [-0.3, -0.25) is 0 Å². The second-order valence-electron chi connectivity index (χ2n) is 6.44. The van der Waals surface area contributed by atoms with Crippen molar-refractivity contribution in [2.45, 2.75) is 26.3 Å². The summed E-state index contributed by atoms with van der Waals surface area (Å²) in [5, 5.41) is 1.70. The normalized spacial score (nSPS) is 11.6. The Morgan fingerprint density at radius 2 is 1.85 bits per heavy atom. The molecule has 0 aliphatic rings. The van der Waals surface area contributed by atoms with Gasteiger partial charge in [-0.1, -0.05) is 31.5 Å². The molecule has 146 valence electrons. The topological polar surface area (TPSA) is 73.7 Å². The third-order valence-corrected chi connectivity index (χ3v) is 4.51. The summed E-state index contributed by atoms with van der Waals surface area (Å²) in [6.07, 6.45) is 1.59. The van der Waals surface area contributed by atoms with Crippen molar-refractivity contribution < 1.29 is 13.9 Å². The van der Waals surface area contributed by atoms with Crippen LogP contribution < -0.4 is 21.1 Å². The molecule has 4 N–H and O–H groups in total. The van der Waals surface area contributed by atoms with E-state index in [0.29, 0.717) is 27.6 Å². The molecule has 0 bridgehead atoms. The Balaban J connectivity index is 2.34. The van der Waals surface area contributed by atoms with Crippen LogP contribution in [-0.2, 0) is 6.54 Å². The van der Waals surface area contributed by atoms with Crippen LogP contribution in [0.1, 0.15) is 36.5 Å². The lowest BCUT2D eigenvalue weighted by molar-refractivity contribution is 0.384. The fourth-order valence-corrected chi connectivity index (χ4v) is 2.97. The molecule has 0 spiro atoms. The number of benzene rings is 2. The molecule has 0 saturated heterocycles. The molecule has 7 heteroatoms. The lowest BCUT2D eigenvalue weighted by Crippen LogP contribution is -2.26. The smallest absolute Gasteiger partial charge is 0.131 e. The average molecular weight is 394 g/mol. The summed E-state index contributed by atoms with van der Waals surface area (Å²) in [5.74, 6) is 7.22. The van der Waals surface area contributed by atoms with E-state index in [1.54, 1.807) is 26.5 Å². The Bertz CT molecular complexity index is 840. The van der Waals surface area contributed by atoms with Crippen LogP contribution >= 0.6 is 11.6 Å². The van der Waals surface area contributed by atoms with E-state index in [0.717, 1.165) is 11.3 Å². The van der Waals surface area contributed by atoms with Crippen molar-refractivity contribution in [3.8, 4) is 11.5 Å². The Kier molecular flexibility index (Phi) is 6.93. The maximum Gasteiger partial charge on any atom is 0.131 e. The van der Waals surface area contributed by atoms with Crippen molar-refractivity contribution in [1.29, 1.82) is 0 Å². The minimum atomic E-state index is -0.397. The molecule has 27 heavy (non-hydrogen) atoms. The number of ether oxygens (including phenoxy) is 2. The van der Waals surface area contributed by atoms with E-state index >= 15 is 0 Å². The third-order valence-electron chi connectivity index (χ3n) is 4.16. The van der Waals surface area contributed by atoms with Gasteiger partial charge in [0.2, 0.25) is 0 Å². The van der Waals surface area contributed by atoms with Gasteiger partial charge in [0.25, 0.3) is 0 Å². The van der Waals surface area contributed by atoms with Crippen LogP contribution in [0.2, 0.25) is 5.02 Å². The van der Waals surface area contributed by atoms with E-state index < -0.39 is 5.82 Å². The highest BCUT2D eigenvalue weighted by Gasteiger charge is 2.16. The summed E-state index contributed by atoms with van der Waals surface area (Å²) in [5.41, 5.74) is 9.11. The summed E-state index contributed by atoms with van der Waals surface area (Å²) in [7, 11) is 3.19. The summed E-state index contributed by atoms with van der Waals surface area (Å²) < 4.78 is 24.1. The van der Waals surface area contributed by atoms with Crippen LogP contribution in [0.15, 0.2) is 36.5 Å². The molecule has 0 heterocycles. The fraction of sp³-hybridized carbons (Fsp3) is 0.300. The largest absolute Gasteiger partial charge is 0.496 e. The Morgan fingerprint density at radius 3 is 2.41 bits per heavy atom. The quantitative estimate of drug-likeness (QED) is 0.543. The molecular formula is C20H25ClFN3O2. The number of halogens is 2. The first-order chi connectivity index (χ1) is 12.8. The molecule has 0 radical (unpaired) electrons. The fourth-order valence-electron chi connectivity index (χ4n) is 2.74. The number of methoxy groups -OCH3 is 2. The molecule has 0 aliphatic carbocycles. The standard InChI is InChI=1S/C20H25ClFN3O2/c1-12(2)15-8-16(20(27-4)9-19(15)26-3)18(23)11-25(24)10-13-5-6-14(22)7-17(13)21/h5-9,11-12H,10,23-24H2,1-4H3/b18-11-. The van der Waals surface area contributed by atoms with Crippen molar-refractivity contribution in [2.75, 3.05) is 14.2 Å². The number of nitrogens with two attached hydrogens (primary N) is 2. The van der Waals surface area contributed by atoms with Gasteiger partial charge >= 0.3 is 0 Å². The average Bonchev–Trinajstić information content (AvgIpc) is 2.62. The second kappa shape index (κ2) is 8.97. The van der Waals surface area contributed by atoms with E-state index in [2.05, 4.69) is 13.8 Å². The van der Waals surface area contributed by atoms with Crippen LogP contribution in [0.25, 0.3) is 5.70 Å². The van der Waals surface area contributed by atoms with Crippen LogP contribution in [0, 0.1) is 5.82 Å². The molecule has 0 aliphatic heterocycles. The van der Waals surface area contributed by atoms with Gasteiger partial charge in [0, 0.05) is 22.9 Å². The number of rotatable bonds is 7. The van der Waals surface area contributed by atoms with Gasteiger partial charge < -0.3 is 20.2 Å². The monoisotopic (exact) mass is 393 g/mol. The molecule has 0 amide bonds. The van der Waals surface area contributed by atoms with Gasteiger partial charge in [0.05, 0.1) is 26.5 Å². The minimum Gasteiger partial charge on any atom is -0.496 e. The van der Waals surface area contributed by atoms with E-state index in [1.807, 2.05) is 12.1 Å². The molecule has 2 aromatic carbocycles. The number of hydrogen-bond acceptors (Lipinski definition) is 5. The van der Waals surface area contributed by atoms with Gasteiger partial charge in [-0.05, 0) is 35.2 Å². The van der Waals surface area contributed by atoms with Crippen LogP contribution in [0.5, 0.6) is 11.5 Å². The lowest BCUT2D eigenvalue weighted by Gasteiger charge is -2.19. The molecule has 0 aromatic heterocycles. The molecule has 2 aromatic rings. The molecular weight excluding hydrogens is 369 g/mol. The highest BCUT2D eigenvalue weighted by Crippen LogP contribution is 2.35. The summed E-state index contributed by atoms with van der Waals surface area (Å²) in [6.45, 7) is 4.41. The zero-order chi connectivity index (χ0) is 20.1. The third kappa shape index (κ3) is 5.05. The SMILES string of the molecule is COc1cc(OC)c(C(C)C)cc1/C(N)=C/N(N)Cc1ccc(F)cc1Cl. The molecule has 0 saturated carbocycles. The second-order valence-corrected chi connectivity index (χ2v) is 6.85. The van der Waals surface area contributed by atoms with Crippen LogP contribution in [0.3, 0.4) is 0 Å². The Morgan fingerprint density at radius 1 is 1.19 bits per heavy atom. The summed E-state index contributed by atoms with van der Waals surface area (Å²) >= 11 is 6.06. The first-order valence-corrected chi connectivity index (χ1v) is 8.83. The summed E-state index contributed by atoms with van der Waals surface area (Å²) in [6, 6.07) is 7.92. The van der Waals surface area contributed by atoms with E-state index in [9.17, 15) is 4.39 Å². The maximum absolute atomic E-state index is 13.2. The zero-order valence-corrected chi connectivity index (χ0v) is 16.7. The van der Waals surface area contributed by atoms with Crippen molar-refractivity contribution in [1.82, 2.24) is 5.01 Å². The van der Waals surface area contributed by atoms with Crippen molar-refractivity contribution in [3.63, 3.8) is 0 Å². The molecule has 5 nitrogen and oxygen atoms in total. The Hall–Kier alpha value is -2.44. The van der Waals surface area contributed by atoms with E-state index in [1.165, 1.54) is 17.1 Å². The number of nitrogens with zero attached hydrogens (tertiary/aromatic N) is 1. The number of hydrazine groups is 1. The highest BCUT2D eigenvalue weighted by atomic mass is 35.5. The molecule has 0 fully saturated rings. The van der Waals surface area contributed by atoms with Gasteiger partial charge in [0.1, 0.15) is 17.3 Å². The van der Waals surface area contributed by atoms with Crippen LogP contribution in [0.4, 0.5) is 4.39 Å². The predicted molar refractivity (Wildman–Crippen MR) is 107 cm³/mol.